The van der Waals surface area contributed by atoms with E-state index in [0.717, 1.165) is 22.5 Å². The van der Waals surface area contributed by atoms with Gasteiger partial charge in [-0.3, -0.25) is 4.57 Å². The third-order valence-electron chi connectivity index (χ3n) is 4.83. The summed E-state index contributed by atoms with van der Waals surface area (Å²) in [6.07, 6.45) is 1.66. The molecule has 1 aromatic heterocycles. The van der Waals surface area contributed by atoms with E-state index < -0.39 is 0 Å². The van der Waals surface area contributed by atoms with Gasteiger partial charge in [-0.15, -0.1) is 16.8 Å². The molecular weight excluding hydrogens is 366 g/mol. The number of allylic oxidation sites excluding steroid dienone is 1. The van der Waals surface area contributed by atoms with Crippen LogP contribution in [0.15, 0.2) is 60.3 Å². The zero-order valence-electron chi connectivity index (χ0n) is 17.0. The van der Waals surface area contributed by atoms with Crippen LogP contribution in [-0.2, 0) is 12.3 Å². The summed E-state index contributed by atoms with van der Waals surface area (Å²) in [4.78, 5) is 0. The molecule has 0 fully saturated rings. The van der Waals surface area contributed by atoms with Crippen molar-refractivity contribution in [3.63, 3.8) is 0 Å². The van der Waals surface area contributed by atoms with Gasteiger partial charge in [0.15, 0.2) is 17.1 Å². The second-order valence-electron chi connectivity index (χ2n) is 6.96. The summed E-state index contributed by atoms with van der Waals surface area (Å²) < 4.78 is 8.24. The zero-order valence-corrected chi connectivity index (χ0v) is 17.8. The Morgan fingerprint density at radius 3 is 2.57 bits per heavy atom. The molecule has 2 aromatic carbocycles. The molecule has 146 valence electrons. The number of thioether (sulfide) groups is 1. The number of rotatable bonds is 8. The Morgan fingerprint density at radius 2 is 1.86 bits per heavy atom. The van der Waals surface area contributed by atoms with Gasteiger partial charge >= 0.3 is 0 Å². The van der Waals surface area contributed by atoms with Crippen molar-refractivity contribution in [3.8, 4) is 5.75 Å². The Morgan fingerprint density at radius 1 is 1.07 bits per heavy atom. The lowest BCUT2D eigenvalue weighted by molar-refractivity contribution is 0.210. The standard InChI is InChI=1S/C23H27N3OS/c1-6-13-26-22(19(5)27-21-12-11-16(2)18(4)14-21)24-25-23(26)28-15-20-10-8-7-9-17(20)3/h6-12,14,19H,1,13,15H2,2-5H3. The van der Waals surface area contributed by atoms with Crippen LogP contribution in [0.25, 0.3) is 0 Å². The van der Waals surface area contributed by atoms with E-state index in [9.17, 15) is 0 Å². The van der Waals surface area contributed by atoms with Crippen LogP contribution < -0.4 is 4.74 Å². The average molecular weight is 394 g/mol. The van der Waals surface area contributed by atoms with Gasteiger partial charge in [0.05, 0.1) is 0 Å². The van der Waals surface area contributed by atoms with Gasteiger partial charge in [0.2, 0.25) is 0 Å². The topological polar surface area (TPSA) is 39.9 Å². The van der Waals surface area contributed by atoms with Crippen molar-refractivity contribution in [1.82, 2.24) is 14.8 Å². The van der Waals surface area contributed by atoms with Crippen LogP contribution in [0.3, 0.4) is 0 Å². The molecule has 0 N–H and O–H groups in total. The Bertz CT molecular complexity index is 964. The van der Waals surface area contributed by atoms with Gasteiger partial charge < -0.3 is 4.74 Å². The van der Waals surface area contributed by atoms with E-state index in [4.69, 9.17) is 4.74 Å². The minimum atomic E-state index is -0.206. The van der Waals surface area contributed by atoms with Crippen molar-refractivity contribution >= 4 is 11.8 Å². The maximum atomic E-state index is 6.15. The summed E-state index contributed by atoms with van der Waals surface area (Å²) in [5.74, 6) is 2.51. The molecule has 28 heavy (non-hydrogen) atoms. The van der Waals surface area contributed by atoms with Crippen LogP contribution >= 0.6 is 11.8 Å². The van der Waals surface area contributed by atoms with Gasteiger partial charge in [-0.1, -0.05) is 48.2 Å². The van der Waals surface area contributed by atoms with Crippen molar-refractivity contribution in [2.24, 2.45) is 0 Å². The van der Waals surface area contributed by atoms with Crippen molar-refractivity contribution in [1.29, 1.82) is 0 Å². The van der Waals surface area contributed by atoms with Gasteiger partial charge in [0.25, 0.3) is 0 Å². The summed E-state index contributed by atoms with van der Waals surface area (Å²) >= 11 is 1.69. The van der Waals surface area contributed by atoms with E-state index in [1.807, 2.05) is 19.1 Å². The van der Waals surface area contributed by atoms with Crippen molar-refractivity contribution < 1.29 is 4.74 Å². The number of benzene rings is 2. The lowest BCUT2D eigenvalue weighted by Gasteiger charge is -2.16. The van der Waals surface area contributed by atoms with E-state index in [0.29, 0.717) is 6.54 Å². The maximum Gasteiger partial charge on any atom is 0.191 e. The monoisotopic (exact) mass is 393 g/mol. The summed E-state index contributed by atoms with van der Waals surface area (Å²) in [6.45, 7) is 12.9. The van der Waals surface area contributed by atoms with Crippen LogP contribution in [-0.4, -0.2) is 14.8 Å². The van der Waals surface area contributed by atoms with Crippen LogP contribution in [0.1, 0.15) is 41.1 Å². The highest BCUT2D eigenvalue weighted by atomic mass is 32.2. The highest BCUT2D eigenvalue weighted by Crippen LogP contribution is 2.28. The lowest BCUT2D eigenvalue weighted by Crippen LogP contribution is -2.12. The molecule has 0 saturated carbocycles. The van der Waals surface area contributed by atoms with Crippen LogP contribution in [0, 0.1) is 20.8 Å². The second-order valence-corrected chi connectivity index (χ2v) is 7.90. The smallest absolute Gasteiger partial charge is 0.191 e. The highest BCUT2D eigenvalue weighted by molar-refractivity contribution is 7.98. The number of aromatic nitrogens is 3. The highest BCUT2D eigenvalue weighted by Gasteiger charge is 2.19. The normalized spacial score (nSPS) is 12.0. The fraction of sp³-hybridized carbons (Fsp3) is 0.304. The summed E-state index contributed by atoms with van der Waals surface area (Å²) in [7, 11) is 0. The molecular formula is C23H27N3OS. The molecule has 0 spiro atoms. The van der Waals surface area contributed by atoms with E-state index in [-0.39, 0.29) is 6.10 Å². The van der Waals surface area contributed by atoms with Crippen molar-refractivity contribution in [3.05, 3.63) is 83.2 Å². The van der Waals surface area contributed by atoms with Crippen LogP contribution in [0.2, 0.25) is 0 Å². The minimum absolute atomic E-state index is 0.206. The largest absolute Gasteiger partial charge is 0.483 e. The van der Waals surface area contributed by atoms with Gasteiger partial charge in [-0.2, -0.15) is 0 Å². The maximum absolute atomic E-state index is 6.15. The first-order chi connectivity index (χ1) is 13.5. The van der Waals surface area contributed by atoms with Gasteiger partial charge in [-0.05, 0) is 62.1 Å². The molecule has 0 aliphatic carbocycles. The predicted molar refractivity (Wildman–Crippen MR) is 116 cm³/mol. The van der Waals surface area contributed by atoms with Gasteiger partial charge in [0.1, 0.15) is 5.75 Å². The molecule has 0 amide bonds. The minimum Gasteiger partial charge on any atom is -0.483 e. The molecule has 5 heteroatoms. The number of aryl methyl sites for hydroxylation is 3. The van der Waals surface area contributed by atoms with E-state index in [2.05, 4.69) is 78.5 Å². The summed E-state index contributed by atoms with van der Waals surface area (Å²) in [6, 6.07) is 14.6. The molecule has 0 aliphatic heterocycles. The molecule has 1 heterocycles. The molecule has 0 aliphatic rings. The Kier molecular flexibility index (Phi) is 6.57. The molecule has 3 rings (SSSR count). The van der Waals surface area contributed by atoms with E-state index in [1.54, 1.807) is 11.8 Å². The summed E-state index contributed by atoms with van der Waals surface area (Å²) in [5, 5.41) is 9.73. The SMILES string of the molecule is C=CCn1c(SCc2ccccc2C)nnc1C(C)Oc1ccc(C)c(C)c1. The fourth-order valence-electron chi connectivity index (χ4n) is 2.97. The molecule has 4 nitrogen and oxygen atoms in total. The third-order valence-corrected chi connectivity index (χ3v) is 5.85. The molecule has 0 bridgehead atoms. The molecule has 0 radical (unpaired) electrons. The number of hydrogen-bond acceptors (Lipinski definition) is 4. The number of hydrogen-bond donors (Lipinski definition) is 0. The predicted octanol–water partition coefficient (Wildman–Crippen LogP) is 5.82. The van der Waals surface area contributed by atoms with Gasteiger partial charge in [-0.25, -0.2) is 0 Å². The first-order valence-electron chi connectivity index (χ1n) is 9.44. The number of nitrogens with zero attached hydrogens (tertiary/aromatic N) is 3. The van der Waals surface area contributed by atoms with Crippen molar-refractivity contribution in [2.75, 3.05) is 0 Å². The van der Waals surface area contributed by atoms with Crippen LogP contribution in [0.5, 0.6) is 5.75 Å². The first kappa shape index (κ1) is 20.2. The summed E-state index contributed by atoms with van der Waals surface area (Å²) in [5.41, 5.74) is 5.06. The Hall–Kier alpha value is -2.53. The van der Waals surface area contributed by atoms with E-state index >= 15 is 0 Å². The number of ether oxygens (including phenoxy) is 1. The second kappa shape index (κ2) is 9.11. The molecule has 3 aromatic rings. The van der Waals surface area contributed by atoms with Crippen molar-refractivity contribution in [2.45, 2.75) is 51.3 Å². The molecule has 1 unspecified atom stereocenters. The van der Waals surface area contributed by atoms with E-state index in [1.165, 1.54) is 22.3 Å². The Labute approximate surface area is 171 Å². The van der Waals surface area contributed by atoms with Crippen LogP contribution in [0.4, 0.5) is 0 Å². The lowest BCUT2D eigenvalue weighted by atomic mass is 10.1. The fourth-order valence-corrected chi connectivity index (χ4v) is 4.00. The third kappa shape index (κ3) is 4.65. The zero-order chi connectivity index (χ0) is 20.1. The first-order valence-corrected chi connectivity index (χ1v) is 10.4. The Balaban J connectivity index is 1.78. The van der Waals surface area contributed by atoms with Gasteiger partial charge in [0, 0.05) is 12.3 Å². The average Bonchev–Trinajstić information content (AvgIpc) is 3.07. The molecule has 0 saturated heterocycles. The quantitative estimate of drug-likeness (QED) is 0.357. The molecule has 1 atom stereocenters.